The zero-order valence-corrected chi connectivity index (χ0v) is 24.8. The number of nitrogens with one attached hydrogen (secondary N) is 2. The lowest BCUT2D eigenvalue weighted by Crippen LogP contribution is -2.65. The molecule has 2 fully saturated rings. The second kappa shape index (κ2) is 13.4. The number of aromatic amines is 1. The molecular formula is C32H41FN8O. The van der Waals surface area contributed by atoms with E-state index in [9.17, 15) is 9.65 Å². The van der Waals surface area contributed by atoms with Gasteiger partial charge in [0.25, 0.3) is 0 Å². The molecule has 0 spiro atoms. The van der Waals surface area contributed by atoms with E-state index >= 15 is 0 Å². The van der Waals surface area contributed by atoms with Crippen molar-refractivity contribution in [1.29, 1.82) is 5.26 Å². The van der Waals surface area contributed by atoms with Crippen LogP contribution in [0.5, 0.6) is 0 Å². The van der Waals surface area contributed by atoms with E-state index in [1.54, 1.807) is 12.4 Å². The number of ether oxygens (including phenoxy) is 1. The van der Waals surface area contributed by atoms with Crippen LogP contribution in [0.15, 0.2) is 66.4 Å². The summed E-state index contributed by atoms with van der Waals surface area (Å²) in [5.74, 6) is 0.606. The summed E-state index contributed by atoms with van der Waals surface area (Å²) < 4.78 is 22.1. The van der Waals surface area contributed by atoms with Crippen molar-refractivity contribution in [3.63, 3.8) is 0 Å². The Bertz CT molecular complexity index is 1480. The number of rotatable bonds is 12. The lowest BCUT2D eigenvalue weighted by molar-refractivity contribution is -0.0486. The number of aromatic nitrogens is 5. The number of nitriles is 1. The Hall–Kier alpha value is -3.81. The SMILES string of the molecule is CC/C=C(/C=C(\C=C(/C)F)CNCC)OC1CCC(N2CC(CC#N)(n3cc(-c4ncnc5[nH]ccc45)cn3)C2)CC1. The van der Waals surface area contributed by atoms with E-state index in [1.165, 1.54) is 6.92 Å². The van der Waals surface area contributed by atoms with Gasteiger partial charge in [-0.15, -0.1) is 0 Å². The van der Waals surface area contributed by atoms with Crippen molar-refractivity contribution in [3.05, 3.63) is 66.4 Å². The molecule has 0 atom stereocenters. The van der Waals surface area contributed by atoms with Gasteiger partial charge in [-0.05, 0) is 75.4 Å². The van der Waals surface area contributed by atoms with Crippen LogP contribution in [-0.2, 0) is 10.3 Å². The van der Waals surface area contributed by atoms with Crippen molar-refractivity contribution in [1.82, 2.24) is 34.9 Å². The van der Waals surface area contributed by atoms with Crippen molar-refractivity contribution in [2.24, 2.45) is 0 Å². The lowest BCUT2D eigenvalue weighted by atomic mass is 9.82. The number of likely N-dealkylation sites (N-methyl/N-ethyl adjacent to an activating group) is 1. The summed E-state index contributed by atoms with van der Waals surface area (Å²) in [7, 11) is 0. The molecule has 0 bridgehead atoms. The minimum absolute atomic E-state index is 0.142. The number of nitrogens with zero attached hydrogens (tertiary/aromatic N) is 6. The van der Waals surface area contributed by atoms with Crippen molar-refractivity contribution >= 4 is 11.0 Å². The Morgan fingerprint density at radius 1 is 1.24 bits per heavy atom. The van der Waals surface area contributed by atoms with Crippen LogP contribution in [0, 0.1) is 11.3 Å². The van der Waals surface area contributed by atoms with Crippen LogP contribution in [0.1, 0.15) is 59.3 Å². The van der Waals surface area contributed by atoms with Gasteiger partial charge in [0.2, 0.25) is 0 Å². The highest BCUT2D eigenvalue weighted by atomic mass is 19.1. The minimum atomic E-state index is -0.336. The molecule has 2 aliphatic rings. The van der Waals surface area contributed by atoms with Crippen LogP contribution in [0.4, 0.5) is 4.39 Å². The van der Waals surface area contributed by atoms with Gasteiger partial charge in [0, 0.05) is 49.0 Å². The second-order valence-electron chi connectivity index (χ2n) is 11.4. The standard InChI is InChI=1S/C32H41FN8O/c1-4-6-28(16-24(15-23(3)33)17-35-5-2)42-27-9-7-26(8-10-27)40-20-32(21-40,12-13-34)41-19-25(18-39-41)30-29-11-14-36-31(29)38-22-37-30/h6,11,14-16,18-19,22,26-27,35H,4-5,7-10,12,17,20-21H2,1-3H3,(H,36,37,38)/b23-15+,24-16+,28-6-. The molecule has 10 heteroatoms. The predicted octanol–water partition coefficient (Wildman–Crippen LogP) is 5.78. The van der Waals surface area contributed by atoms with E-state index < -0.39 is 0 Å². The van der Waals surface area contributed by atoms with E-state index in [2.05, 4.69) is 44.2 Å². The van der Waals surface area contributed by atoms with Crippen molar-refractivity contribution < 1.29 is 9.13 Å². The maximum atomic E-state index is 13.7. The lowest BCUT2D eigenvalue weighted by Gasteiger charge is -2.53. The largest absolute Gasteiger partial charge is 0.491 e. The third-order valence-electron chi connectivity index (χ3n) is 8.26. The summed E-state index contributed by atoms with van der Waals surface area (Å²) in [5, 5.41) is 18.6. The minimum Gasteiger partial charge on any atom is -0.491 e. The van der Waals surface area contributed by atoms with Gasteiger partial charge < -0.3 is 15.0 Å². The highest BCUT2D eigenvalue weighted by Crippen LogP contribution is 2.39. The van der Waals surface area contributed by atoms with Crippen LogP contribution in [0.3, 0.4) is 0 Å². The van der Waals surface area contributed by atoms with E-state index in [0.717, 1.165) is 85.4 Å². The van der Waals surface area contributed by atoms with Gasteiger partial charge >= 0.3 is 0 Å². The summed E-state index contributed by atoms with van der Waals surface area (Å²) in [6.45, 7) is 8.61. The fraction of sp³-hybridized carbons (Fsp3) is 0.500. The first kappa shape index (κ1) is 29.7. The molecule has 3 aromatic rings. The molecule has 4 heterocycles. The first-order valence-electron chi connectivity index (χ1n) is 15.0. The predicted molar refractivity (Wildman–Crippen MR) is 162 cm³/mol. The Kier molecular flexibility index (Phi) is 9.50. The topological polar surface area (TPSA) is 108 Å². The number of allylic oxidation sites excluding steroid dienone is 3. The van der Waals surface area contributed by atoms with Gasteiger partial charge in [-0.2, -0.15) is 10.4 Å². The van der Waals surface area contributed by atoms with Gasteiger partial charge in [0.15, 0.2) is 0 Å². The number of halogens is 1. The highest BCUT2D eigenvalue weighted by molar-refractivity contribution is 5.90. The molecule has 0 radical (unpaired) electrons. The summed E-state index contributed by atoms with van der Waals surface area (Å²) in [6.07, 6.45) is 18.3. The normalized spacial score (nSPS) is 21.7. The van der Waals surface area contributed by atoms with Crippen molar-refractivity contribution in [2.45, 2.75) is 77.0 Å². The van der Waals surface area contributed by atoms with Crippen molar-refractivity contribution in [3.8, 4) is 17.3 Å². The highest BCUT2D eigenvalue weighted by Gasteiger charge is 2.48. The van der Waals surface area contributed by atoms with Gasteiger partial charge in [0.05, 0.1) is 36.3 Å². The van der Waals surface area contributed by atoms with Crippen molar-refractivity contribution in [2.75, 3.05) is 26.2 Å². The molecule has 9 nitrogen and oxygen atoms in total. The molecule has 0 unspecified atom stereocenters. The molecule has 3 aromatic heterocycles. The smallest absolute Gasteiger partial charge is 0.141 e. The number of H-pyrrole nitrogens is 1. The van der Waals surface area contributed by atoms with E-state index in [1.807, 2.05) is 42.3 Å². The fourth-order valence-electron chi connectivity index (χ4n) is 6.17. The summed E-state index contributed by atoms with van der Waals surface area (Å²) >= 11 is 0. The molecule has 42 heavy (non-hydrogen) atoms. The zero-order chi connectivity index (χ0) is 29.5. The fourth-order valence-corrected chi connectivity index (χ4v) is 6.17. The summed E-state index contributed by atoms with van der Waals surface area (Å²) in [4.78, 5) is 14.4. The second-order valence-corrected chi connectivity index (χ2v) is 11.4. The Morgan fingerprint density at radius 3 is 2.76 bits per heavy atom. The molecule has 0 amide bonds. The molecule has 1 aliphatic heterocycles. The summed E-state index contributed by atoms with van der Waals surface area (Å²) in [5.41, 5.74) is 3.09. The molecule has 1 saturated carbocycles. The molecule has 222 valence electrons. The molecule has 0 aromatic carbocycles. The number of hydrogen-bond donors (Lipinski definition) is 2. The molecule has 5 rings (SSSR count). The molecular weight excluding hydrogens is 531 g/mol. The van der Waals surface area contributed by atoms with Crippen LogP contribution in [0.25, 0.3) is 22.3 Å². The first-order valence-corrected chi connectivity index (χ1v) is 15.0. The van der Waals surface area contributed by atoms with Crippen LogP contribution >= 0.6 is 0 Å². The van der Waals surface area contributed by atoms with Gasteiger partial charge in [-0.3, -0.25) is 9.58 Å². The Morgan fingerprint density at radius 2 is 2.05 bits per heavy atom. The third-order valence-corrected chi connectivity index (χ3v) is 8.26. The molecule has 1 aliphatic carbocycles. The van der Waals surface area contributed by atoms with Gasteiger partial charge in [0.1, 0.15) is 23.3 Å². The van der Waals surface area contributed by atoms with Crippen LogP contribution < -0.4 is 5.32 Å². The molecule has 2 N–H and O–H groups in total. The average molecular weight is 573 g/mol. The summed E-state index contributed by atoms with van der Waals surface area (Å²) in [6, 6.07) is 4.84. The monoisotopic (exact) mass is 572 g/mol. The van der Waals surface area contributed by atoms with E-state index in [-0.39, 0.29) is 17.5 Å². The average Bonchev–Trinajstić information content (AvgIpc) is 3.64. The number of hydrogen-bond acceptors (Lipinski definition) is 7. The van der Waals surface area contributed by atoms with E-state index in [0.29, 0.717) is 19.0 Å². The number of likely N-dealkylation sites (tertiary alicyclic amines) is 1. The van der Waals surface area contributed by atoms with E-state index in [4.69, 9.17) is 9.84 Å². The van der Waals surface area contributed by atoms with Gasteiger partial charge in [-0.25, -0.2) is 14.4 Å². The Labute approximate surface area is 247 Å². The van der Waals surface area contributed by atoms with Gasteiger partial charge in [-0.1, -0.05) is 13.8 Å². The van der Waals surface area contributed by atoms with Crippen LogP contribution in [0.2, 0.25) is 0 Å². The maximum Gasteiger partial charge on any atom is 0.141 e. The number of fused-ring (bicyclic) bond motifs is 1. The third kappa shape index (κ3) is 6.63. The van der Waals surface area contributed by atoms with Crippen LogP contribution in [-0.4, -0.2) is 68.0 Å². The maximum absolute atomic E-state index is 13.7. The molecule has 1 saturated heterocycles. The Balaban J connectivity index is 1.20. The quantitative estimate of drug-likeness (QED) is 0.209. The zero-order valence-electron chi connectivity index (χ0n) is 24.8. The first-order chi connectivity index (χ1) is 20.4.